The summed E-state index contributed by atoms with van der Waals surface area (Å²) in [5, 5.41) is 21.6. The number of carbonyl (C=O) groups is 5. The molecular formula is C40H61N7O6. The third kappa shape index (κ3) is 14.5. The maximum atomic E-state index is 14.0. The molecule has 0 bridgehead atoms. The number of hydrogen-bond donors (Lipinski definition) is 7. The Morgan fingerprint density at radius 3 is 1.81 bits per heavy atom. The van der Waals surface area contributed by atoms with Gasteiger partial charge in [-0.25, -0.2) is 0 Å². The molecule has 0 aromatic heterocycles. The fraction of sp³-hybridized carbons (Fsp3) is 0.575. The van der Waals surface area contributed by atoms with Crippen LogP contribution in [-0.4, -0.2) is 95.0 Å². The summed E-state index contributed by atoms with van der Waals surface area (Å²) in [6.07, 6.45) is 3.75. The van der Waals surface area contributed by atoms with Gasteiger partial charge in [0.15, 0.2) is 0 Å². The second kappa shape index (κ2) is 21.4. The van der Waals surface area contributed by atoms with Gasteiger partial charge in [0.25, 0.3) is 0 Å². The van der Waals surface area contributed by atoms with E-state index in [1.165, 1.54) is 0 Å². The first kappa shape index (κ1) is 43.1. The SMILES string of the molecule is CC(C)C[C@@H](NC(=O)[C@@H](Cc1ccccc1)NC(=O)[C@H](N)Cc1ccccc1)C(=O)N[C@H](CCCCCNC(C)C)C(=O)N1CCC(N)(C(=O)O)CC1. The Labute approximate surface area is 314 Å². The molecule has 53 heavy (non-hydrogen) atoms. The maximum Gasteiger partial charge on any atom is 0.323 e. The van der Waals surface area contributed by atoms with E-state index in [-0.39, 0.29) is 57.0 Å². The summed E-state index contributed by atoms with van der Waals surface area (Å²) < 4.78 is 0. The predicted octanol–water partition coefficient (Wildman–Crippen LogP) is 2.26. The monoisotopic (exact) mass is 735 g/mol. The van der Waals surface area contributed by atoms with Gasteiger partial charge in [-0.2, -0.15) is 0 Å². The summed E-state index contributed by atoms with van der Waals surface area (Å²) >= 11 is 0. The van der Waals surface area contributed by atoms with E-state index in [1.54, 1.807) is 4.90 Å². The van der Waals surface area contributed by atoms with Crippen LogP contribution < -0.4 is 32.7 Å². The van der Waals surface area contributed by atoms with Gasteiger partial charge >= 0.3 is 5.97 Å². The minimum atomic E-state index is -1.40. The Kier molecular flexibility index (Phi) is 17.4. The number of carbonyl (C=O) groups excluding carboxylic acids is 4. The number of piperidine rings is 1. The molecule has 3 rings (SSSR count). The van der Waals surface area contributed by atoms with Crippen LogP contribution in [0.5, 0.6) is 0 Å². The Morgan fingerprint density at radius 2 is 1.26 bits per heavy atom. The molecule has 1 fully saturated rings. The molecule has 0 spiro atoms. The van der Waals surface area contributed by atoms with Crippen LogP contribution in [0.2, 0.25) is 0 Å². The highest BCUT2D eigenvalue weighted by atomic mass is 16.4. The second-order valence-electron chi connectivity index (χ2n) is 15.0. The fourth-order valence-corrected chi connectivity index (χ4v) is 6.40. The number of benzene rings is 2. The van der Waals surface area contributed by atoms with E-state index in [0.29, 0.717) is 18.9 Å². The van der Waals surface area contributed by atoms with Crippen molar-refractivity contribution in [1.29, 1.82) is 0 Å². The summed E-state index contributed by atoms with van der Waals surface area (Å²) in [7, 11) is 0. The number of nitrogens with two attached hydrogens (primary N) is 2. The molecule has 0 saturated carbocycles. The average molecular weight is 736 g/mol. The van der Waals surface area contributed by atoms with Crippen LogP contribution in [0.4, 0.5) is 0 Å². The van der Waals surface area contributed by atoms with Gasteiger partial charge in [-0.1, -0.05) is 101 Å². The number of amides is 4. The highest BCUT2D eigenvalue weighted by Crippen LogP contribution is 2.22. The second-order valence-corrected chi connectivity index (χ2v) is 15.0. The van der Waals surface area contributed by atoms with Gasteiger partial charge in [0.05, 0.1) is 6.04 Å². The molecule has 0 radical (unpaired) electrons. The number of nitrogens with zero attached hydrogens (tertiary/aromatic N) is 1. The normalized spacial score (nSPS) is 16.3. The zero-order valence-corrected chi connectivity index (χ0v) is 31.8. The number of hydrogen-bond acceptors (Lipinski definition) is 8. The maximum absolute atomic E-state index is 14.0. The van der Waals surface area contributed by atoms with Gasteiger partial charge in [0.1, 0.15) is 23.7 Å². The average Bonchev–Trinajstić information content (AvgIpc) is 3.12. The Morgan fingerprint density at radius 1 is 0.736 bits per heavy atom. The number of rotatable bonds is 21. The van der Waals surface area contributed by atoms with Crippen molar-refractivity contribution in [3.05, 3.63) is 71.8 Å². The van der Waals surface area contributed by atoms with Crippen LogP contribution in [0, 0.1) is 5.92 Å². The zero-order valence-electron chi connectivity index (χ0n) is 31.8. The Bertz CT molecular complexity index is 1460. The molecule has 0 aliphatic carbocycles. The van der Waals surface area contributed by atoms with Gasteiger partial charge < -0.3 is 42.7 Å². The van der Waals surface area contributed by atoms with Crippen molar-refractivity contribution in [2.45, 2.75) is 121 Å². The first-order valence-corrected chi connectivity index (χ1v) is 19.0. The molecule has 2 aromatic rings. The third-order valence-corrected chi connectivity index (χ3v) is 9.62. The number of carboxylic acids is 1. The van der Waals surface area contributed by atoms with Crippen molar-refractivity contribution in [2.24, 2.45) is 17.4 Å². The van der Waals surface area contributed by atoms with Crippen molar-refractivity contribution < 1.29 is 29.1 Å². The van der Waals surface area contributed by atoms with Crippen LogP contribution in [0.25, 0.3) is 0 Å². The van der Waals surface area contributed by atoms with Crippen LogP contribution in [-0.2, 0) is 36.8 Å². The van der Waals surface area contributed by atoms with Crippen LogP contribution in [0.3, 0.4) is 0 Å². The largest absolute Gasteiger partial charge is 0.480 e. The van der Waals surface area contributed by atoms with E-state index >= 15 is 0 Å². The lowest BCUT2D eigenvalue weighted by molar-refractivity contribution is -0.148. The summed E-state index contributed by atoms with van der Waals surface area (Å²) in [4.78, 5) is 68.5. The van der Waals surface area contributed by atoms with E-state index in [9.17, 15) is 29.1 Å². The highest BCUT2D eigenvalue weighted by molar-refractivity contribution is 5.95. The molecule has 13 nitrogen and oxygen atoms in total. The topological polar surface area (TPSA) is 209 Å². The molecule has 4 atom stereocenters. The standard InChI is InChI=1S/C40H61N7O6/c1-27(2)24-33(46-37(50)34(26-30-16-10-6-11-17-30)45-35(48)31(41)25-29-14-8-5-9-15-29)36(49)44-32(18-12-7-13-21-43-28(3)4)38(51)47-22-19-40(42,20-23-47)39(52)53/h5-6,8-11,14-17,27-28,31-34,43H,7,12-13,18-26,41-42H2,1-4H3,(H,44,49)(H,45,48)(H,46,50)(H,52,53)/t31-,32-,33-,34-/m1/s1. The molecule has 13 heteroatoms. The number of aliphatic carboxylic acids is 1. The molecular weight excluding hydrogens is 674 g/mol. The van der Waals surface area contributed by atoms with Gasteiger partial charge in [-0.15, -0.1) is 0 Å². The number of nitrogens with one attached hydrogen (secondary N) is 4. The summed E-state index contributed by atoms with van der Waals surface area (Å²) in [5.41, 5.74) is 12.6. The lowest BCUT2D eigenvalue weighted by atomic mass is 9.88. The summed E-state index contributed by atoms with van der Waals surface area (Å²) in [5.74, 6) is -2.94. The van der Waals surface area contributed by atoms with E-state index in [2.05, 4.69) is 35.1 Å². The molecule has 1 saturated heterocycles. The number of unbranched alkanes of at least 4 members (excludes halogenated alkanes) is 2. The molecule has 1 aliphatic heterocycles. The molecule has 1 heterocycles. The van der Waals surface area contributed by atoms with Crippen molar-refractivity contribution in [1.82, 2.24) is 26.2 Å². The Hall–Kier alpha value is -4.33. The lowest BCUT2D eigenvalue weighted by Crippen LogP contribution is -2.60. The predicted molar refractivity (Wildman–Crippen MR) is 205 cm³/mol. The smallest absolute Gasteiger partial charge is 0.323 e. The van der Waals surface area contributed by atoms with E-state index < -0.39 is 53.4 Å². The Balaban J connectivity index is 1.77. The number of carboxylic acid groups (broad SMARTS) is 1. The molecule has 0 unspecified atom stereocenters. The lowest BCUT2D eigenvalue weighted by Gasteiger charge is -2.38. The molecule has 4 amide bonds. The van der Waals surface area contributed by atoms with Gasteiger partial charge in [-0.3, -0.25) is 24.0 Å². The van der Waals surface area contributed by atoms with Crippen molar-refractivity contribution in [2.75, 3.05) is 19.6 Å². The van der Waals surface area contributed by atoms with Gasteiger partial charge in [0.2, 0.25) is 23.6 Å². The van der Waals surface area contributed by atoms with Crippen LogP contribution in [0.15, 0.2) is 60.7 Å². The number of likely N-dealkylation sites (tertiary alicyclic amines) is 1. The molecule has 292 valence electrons. The van der Waals surface area contributed by atoms with E-state index in [4.69, 9.17) is 11.5 Å². The quantitative estimate of drug-likeness (QED) is 0.0937. The van der Waals surface area contributed by atoms with Crippen molar-refractivity contribution in [3.63, 3.8) is 0 Å². The van der Waals surface area contributed by atoms with Gasteiger partial charge in [0, 0.05) is 25.6 Å². The summed E-state index contributed by atoms with van der Waals surface area (Å²) in [6, 6.07) is 15.2. The van der Waals surface area contributed by atoms with E-state index in [1.807, 2.05) is 74.5 Å². The van der Waals surface area contributed by atoms with E-state index in [0.717, 1.165) is 30.5 Å². The van der Waals surface area contributed by atoms with Crippen LogP contribution in [0.1, 0.15) is 83.8 Å². The molecule has 9 N–H and O–H groups in total. The van der Waals surface area contributed by atoms with Gasteiger partial charge in [-0.05, 0) is 62.1 Å². The van der Waals surface area contributed by atoms with Crippen LogP contribution >= 0.6 is 0 Å². The first-order chi connectivity index (χ1) is 25.2. The zero-order chi connectivity index (χ0) is 39.0. The summed E-state index contributed by atoms with van der Waals surface area (Å²) in [6.45, 7) is 9.17. The minimum absolute atomic E-state index is 0.00547. The van der Waals surface area contributed by atoms with Crippen molar-refractivity contribution >= 4 is 29.6 Å². The third-order valence-electron chi connectivity index (χ3n) is 9.62. The fourth-order valence-electron chi connectivity index (χ4n) is 6.40. The first-order valence-electron chi connectivity index (χ1n) is 19.0. The molecule has 1 aliphatic rings. The molecule has 2 aromatic carbocycles. The van der Waals surface area contributed by atoms with Crippen molar-refractivity contribution in [3.8, 4) is 0 Å². The minimum Gasteiger partial charge on any atom is -0.480 e. The highest BCUT2D eigenvalue weighted by Gasteiger charge is 2.40.